The zero-order chi connectivity index (χ0) is 20.6. The minimum Gasteiger partial charge on any atom is -0.491 e. The van der Waals surface area contributed by atoms with E-state index in [0.717, 1.165) is 30.4 Å². The van der Waals surface area contributed by atoms with Gasteiger partial charge in [-0.1, -0.05) is 25.5 Å². The minimum atomic E-state index is -1.10. The van der Waals surface area contributed by atoms with Gasteiger partial charge in [-0.2, -0.15) is 0 Å². The molecule has 0 unspecified atom stereocenters. The largest absolute Gasteiger partial charge is 0.491 e. The van der Waals surface area contributed by atoms with E-state index in [1.54, 1.807) is 18.5 Å². The summed E-state index contributed by atoms with van der Waals surface area (Å²) >= 11 is 0. The maximum absolute atomic E-state index is 11.7. The number of carbonyl (C=O) groups is 1. The molecule has 3 aromatic rings. The lowest BCUT2D eigenvalue weighted by Crippen LogP contribution is -2.09. The molecule has 0 amide bonds. The summed E-state index contributed by atoms with van der Waals surface area (Å²) in [7, 11) is 0. The summed E-state index contributed by atoms with van der Waals surface area (Å²) in [6, 6.07) is 13.5. The van der Waals surface area contributed by atoms with E-state index in [4.69, 9.17) is 4.74 Å². The Kier molecular flexibility index (Phi) is 6.95. The van der Waals surface area contributed by atoms with Gasteiger partial charge >= 0.3 is 5.97 Å². The summed E-state index contributed by atoms with van der Waals surface area (Å²) in [5, 5.41) is 9.60. The first kappa shape index (κ1) is 20.5. The Labute approximate surface area is 171 Å². The monoisotopic (exact) mass is 390 g/mol. The van der Waals surface area contributed by atoms with Crippen molar-refractivity contribution in [3.8, 4) is 17.0 Å². The zero-order valence-electron chi connectivity index (χ0n) is 16.9. The zero-order valence-corrected chi connectivity index (χ0v) is 16.9. The normalized spacial score (nSPS) is 10.7. The van der Waals surface area contributed by atoms with Crippen LogP contribution < -0.4 is 4.74 Å². The maximum atomic E-state index is 11.7. The van der Waals surface area contributed by atoms with Gasteiger partial charge in [-0.15, -0.1) is 0 Å². The average molecular weight is 390 g/mol. The van der Waals surface area contributed by atoms with E-state index in [2.05, 4.69) is 35.9 Å². The topological polar surface area (TPSA) is 72.3 Å². The van der Waals surface area contributed by atoms with Crippen molar-refractivity contribution in [2.24, 2.45) is 0 Å². The van der Waals surface area contributed by atoms with Gasteiger partial charge in [0.2, 0.25) is 0 Å². The van der Waals surface area contributed by atoms with Gasteiger partial charge in [0.05, 0.1) is 12.3 Å². The van der Waals surface area contributed by atoms with Crippen LogP contribution in [0, 0.1) is 6.92 Å². The average Bonchev–Trinajstić information content (AvgIpc) is 2.73. The van der Waals surface area contributed by atoms with Crippen LogP contribution in [0.25, 0.3) is 11.3 Å². The molecule has 150 valence electrons. The van der Waals surface area contributed by atoms with Crippen molar-refractivity contribution < 1.29 is 14.6 Å². The lowest BCUT2D eigenvalue weighted by molar-refractivity contribution is 0.0685. The van der Waals surface area contributed by atoms with Gasteiger partial charge in [0, 0.05) is 24.4 Å². The number of aromatic carboxylic acids is 1. The molecule has 0 aliphatic carbocycles. The summed E-state index contributed by atoms with van der Waals surface area (Å²) in [6.07, 6.45) is 7.50. The minimum absolute atomic E-state index is 0.0649. The third-order valence-corrected chi connectivity index (χ3v) is 4.90. The molecule has 0 spiro atoms. The quantitative estimate of drug-likeness (QED) is 0.549. The Morgan fingerprint density at radius 2 is 1.86 bits per heavy atom. The number of nitrogens with zero attached hydrogens (tertiary/aromatic N) is 2. The molecule has 0 saturated heterocycles. The fourth-order valence-electron chi connectivity index (χ4n) is 3.21. The lowest BCUT2D eigenvalue weighted by Gasteiger charge is -2.12. The molecule has 2 heterocycles. The van der Waals surface area contributed by atoms with E-state index >= 15 is 0 Å². The lowest BCUT2D eigenvalue weighted by atomic mass is 9.99. The molecule has 5 heteroatoms. The Morgan fingerprint density at radius 1 is 1.07 bits per heavy atom. The van der Waals surface area contributed by atoms with E-state index < -0.39 is 5.97 Å². The molecule has 3 rings (SSSR count). The Balaban J connectivity index is 1.77. The number of pyridine rings is 2. The second-order valence-corrected chi connectivity index (χ2v) is 7.05. The van der Waals surface area contributed by atoms with Crippen LogP contribution in [-0.2, 0) is 12.8 Å². The number of carboxylic acid groups (broad SMARTS) is 1. The number of rotatable bonds is 9. The SMILES string of the molecule is CCCCc1ccc(-c2ccc(OCCc3ccncc3)c(C(=O)O)n2)cc1C. The number of aryl methyl sites for hydroxylation is 2. The molecule has 0 atom stereocenters. The fraction of sp³-hybridized carbons (Fsp3) is 0.292. The Morgan fingerprint density at radius 3 is 2.55 bits per heavy atom. The molecular weight excluding hydrogens is 364 g/mol. The number of unbranched alkanes of at least 4 members (excludes halogenated alkanes) is 1. The maximum Gasteiger partial charge on any atom is 0.358 e. The Hall–Kier alpha value is -3.21. The number of carboxylic acids is 1. The van der Waals surface area contributed by atoms with Crippen molar-refractivity contribution in [1.29, 1.82) is 0 Å². The van der Waals surface area contributed by atoms with Crippen LogP contribution >= 0.6 is 0 Å². The van der Waals surface area contributed by atoms with Gasteiger partial charge in [0.1, 0.15) is 0 Å². The fourth-order valence-corrected chi connectivity index (χ4v) is 3.21. The van der Waals surface area contributed by atoms with Crippen LogP contribution in [0.15, 0.2) is 54.9 Å². The predicted molar refractivity (Wildman–Crippen MR) is 113 cm³/mol. The molecule has 0 aliphatic rings. The molecule has 0 saturated carbocycles. The molecule has 29 heavy (non-hydrogen) atoms. The van der Waals surface area contributed by atoms with E-state index in [9.17, 15) is 9.90 Å². The van der Waals surface area contributed by atoms with Crippen LogP contribution in [0.5, 0.6) is 5.75 Å². The number of hydrogen-bond acceptors (Lipinski definition) is 4. The van der Waals surface area contributed by atoms with Gasteiger partial charge in [0.25, 0.3) is 0 Å². The molecule has 0 fully saturated rings. The second kappa shape index (κ2) is 9.82. The van der Waals surface area contributed by atoms with Crippen LogP contribution in [-0.4, -0.2) is 27.7 Å². The predicted octanol–water partition coefficient (Wildman–Crippen LogP) is 5.11. The smallest absolute Gasteiger partial charge is 0.358 e. The van der Waals surface area contributed by atoms with E-state index in [0.29, 0.717) is 18.7 Å². The third kappa shape index (κ3) is 5.41. The molecule has 1 aromatic carbocycles. The Bertz CT molecular complexity index is 971. The molecule has 1 N–H and O–H groups in total. The summed E-state index contributed by atoms with van der Waals surface area (Å²) in [4.78, 5) is 20.1. The molecule has 0 aliphatic heterocycles. The molecule has 2 aromatic heterocycles. The highest BCUT2D eigenvalue weighted by Crippen LogP contribution is 2.26. The summed E-state index contributed by atoms with van der Waals surface area (Å²) in [5.74, 6) is -0.811. The van der Waals surface area contributed by atoms with Gasteiger partial charge in [-0.3, -0.25) is 4.98 Å². The van der Waals surface area contributed by atoms with Crippen molar-refractivity contribution in [3.05, 3.63) is 77.2 Å². The first-order valence-electron chi connectivity index (χ1n) is 9.94. The third-order valence-electron chi connectivity index (χ3n) is 4.90. The molecular formula is C24H26N2O3. The highest BCUT2D eigenvalue weighted by Gasteiger charge is 2.16. The van der Waals surface area contributed by atoms with Crippen LogP contribution in [0.2, 0.25) is 0 Å². The van der Waals surface area contributed by atoms with Gasteiger partial charge in [-0.25, -0.2) is 9.78 Å². The van der Waals surface area contributed by atoms with E-state index in [1.165, 1.54) is 11.1 Å². The van der Waals surface area contributed by atoms with Crippen molar-refractivity contribution in [2.45, 2.75) is 39.5 Å². The highest BCUT2D eigenvalue weighted by atomic mass is 16.5. The van der Waals surface area contributed by atoms with Gasteiger partial charge in [-0.05, 0) is 66.8 Å². The number of aromatic nitrogens is 2. The van der Waals surface area contributed by atoms with E-state index in [1.807, 2.05) is 24.3 Å². The van der Waals surface area contributed by atoms with E-state index in [-0.39, 0.29) is 11.4 Å². The molecule has 0 bridgehead atoms. The van der Waals surface area contributed by atoms with Crippen LogP contribution in [0.4, 0.5) is 0 Å². The number of ether oxygens (including phenoxy) is 1. The second-order valence-electron chi connectivity index (χ2n) is 7.05. The van der Waals surface area contributed by atoms with Crippen molar-refractivity contribution in [1.82, 2.24) is 9.97 Å². The van der Waals surface area contributed by atoms with Gasteiger partial charge in [0.15, 0.2) is 11.4 Å². The number of hydrogen-bond donors (Lipinski definition) is 1. The first-order chi connectivity index (χ1) is 14.1. The van der Waals surface area contributed by atoms with Crippen molar-refractivity contribution >= 4 is 5.97 Å². The van der Waals surface area contributed by atoms with Crippen molar-refractivity contribution in [2.75, 3.05) is 6.61 Å². The molecule has 5 nitrogen and oxygen atoms in total. The summed E-state index contributed by atoms with van der Waals surface area (Å²) < 4.78 is 5.72. The number of benzene rings is 1. The highest BCUT2D eigenvalue weighted by molar-refractivity contribution is 5.89. The van der Waals surface area contributed by atoms with Crippen LogP contribution in [0.3, 0.4) is 0 Å². The molecule has 0 radical (unpaired) electrons. The summed E-state index contributed by atoms with van der Waals surface area (Å²) in [5.41, 5.74) is 5.09. The summed E-state index contributed by atoms with van der Waals surface area (Å²) in [6.45, 7) is 4.64. The first-order valence-corrected chi connectivity index (χ1v) is 9.94. The van der Waals surface area contributed by atoms with Gasteiger partial charge < -0.3 is 9.84 Å². The van der Waals surface area contributed by atoms with Crippen molar-refractivity contribution in [3.63, 3.8) is 0 Å². The van der Waals surface area contributed by atoms with Crippen LogP contribution in [0.1, 0.15) is 46.9 Å². The standard InChI is InChI=1S/C24H26N2O3/c1-3-4-5-19-6-7-20(16-17(19)2)21-8-9-22(23(26-21)24(27)28)29-15-12-18-10-13-25-14-11-18/h6-11,13-14,16H,3-5,12,15H2,1-2H3,(H,27,28).